The van der Waals surface area contributed by atoms with E-state index in [2.05, 4.69) is 0 Å². The normalized spacial score (nSPS) is 39.0. The molecule has 0 bridgehead atoms. The van der Waals surface area contributed by atoms with Crippen LogP contribution in [0.3, 0.4) is 0 Å². The van der Waals surface area contributed by atoms with Crippen LogP contribution in [0.5, 0.6) is 0 Å². The molecule has 0 radical (unpaired) electrons. The molecule has 6 nitrogen and oxygen atoms in total. The lowest BCUT2D eigenvalue weighted by atomic mass is 9.80. The number of carbonyl (C=O) groups excluding carboxylic acids is 2. The predicted octanol–water partition coefficient (Wildman–Crippen LogP) is 0.829. The number of hydrogen-bond acceptors (Lipinski definition) is 5. The SMILES string of the molecule is CC(=O)[C@]1(C)OP(=O)(O)O[C@@]1(C)C(C)=O. The Morgan fingerprint density at radius 3 is 1.53 bits per heavy atom. The van der Waals surface area contributed by atoms with E-state index >= 15 is 0 Å². The van der Waals surface area contributed by atoms with Crippen molar-refractivity contribution in [3.63, 3.8) is 0 Å². The summed E-state index contributed by atoms with van der Waals surface area (Å²) in [5.74, 6) is -1.07. The molecule has 7 heteroatoms. The van der Waals surface area contributed by atoms with Crippen LogP contribution < -0.4 is 0 Å². The Morgan fingerprint density at radius 2 is 1.33 bits per heavy atom. The molecule has 0 aliphatic carbocycles. The lowest BCUT2D eigenvalue weighted by molar-refractivity contribution is -0.150. The summed E-state index contributed by atoms with van der Waals surface area (Å²) in [4.78, 5) is 31.9. The van der Waals surface area contributed by atoms with E-state index in [1.165, 1.54) is 27.7 Å². The van der Waals surface area contributed by atoms with Gasteiger partial charge in [-0.2, -0.15) is 0 Å². The van der Waals surface area contributed by atoms with Crippen molar-refractivity contribution >= 4 is 19.4 Å². The molecule has 0 aromatic carbocycles. The van der Waals surface area contributed by atoms with Crippen LogP contribution in [0, 0.1) is 0 Å². The van der Waals surface area contributed by atoms with Crippen LogP contribution in [0.15, 0.2) is 0 Å². The summed E-state index contributed by atoms with van der Waals surface area (Å²) in [7, 11) is -4.34. The molecule has 15 heavy (non-hydrogen) atoms. The predicted molar refractivity (Wildman–Crippen MR) is 50.2 cm³/mol. The summed E-state index contributed by atoms with van der Waals surface area (Å²) < 4.78 is 20.6. The minimum Gasteiger partial charge on any atom is -0.302 e. The molecule has 0 aromatic rings. The maximum atomic E-state index is 11.4. The topological polar surface area (TPSA) is 89.9 Å². The number of phosphoric acid groups is 1. The first kappa shape index (κ1) is 12.5. The van der Waals surface area contributed by atoms with Crippen LogP contribution in [0.2, 0.25) is 0 Å². The van der Waals surface area contributed by atoms with Crippen molar-refractivity contribution in [1.29, 1.82) is 0 Å². The lowest BCUT2D eigenvalue weighted by Gasteiger charge is -2.31. The number of rotatable bonds is 2. The van der Waals surface area contributed by atoms with Gasteiger partial charge in [0.05, 0.1) is 0 Å². The standard InChI is InChI=1S/C8H13O6P/c1-5(9)7(3)8(4,6(2)10)14-15(11,12)13-7/h1-4H3,(H,11,12)/t7-,8-/m0/s1. The average Bonchev–Trinajstić information content (AvgIpc) is 2.19. The van der Waals surface area contributed by atoms with Gasteiger partial charge in [0.1, 0.15) is 0 Å². The smallest absolute Gasteiger partial charge is 0.302 e. The first-order valence-corrected chi connectivity index (χ1v) is 5.81. The van der Waals surface area contributed by atoms with Gasteiger partial charge < -0.3 is 4.89 Å². The van der Waals surface area contributed by atoms with Gasteiger partial charge in [0, 0.05) is 0 Å². The highest BCUT2D eigenvalue weighted by Gasteiger charge is 2.65. The number of ketones is 2. The molecule has 1 aliphatic rings. The van der Waals surface area contributed by atoms with E-state index in [0.717, 1.165) is 0 Å². The maximum absolute atomic E-state index is 11.4. The van der Waals surface area contributed by atoms with Gasteiger partial charge in [0.2, 0.25) is 0 Å². The van der Waals surface area contributed by atoms with Crippen LogP contribution in [0.25, 0.3) is 0 Å². The summed E-state index contributed by atoms with van der Waals surface area (Å²) >= 11 is 0. The highest BCUT2D eigenvalue weighted by atomic mass is 31.2. The van der Waals surface area contributed by atoms with E-state index < -0.39 is 30.6 Å². The number of hydrogen-bond donors (Lipinski definition) is 1. The fourth-order valence-corrected chi connectivity index (χ4v) is 3.02. The Labute approximate surface area is 87.2 Å². The van der Waals surface area contributed by atoms with Crippen molar-refractivity contribution < 1.29 is 28.1 Å². The Bertz CT molecular complexity index is 345. The molecule has 0 spiro atoms. The van der Waals surface area contributed by atoms with Crippen molar-refractivity contribution in [2.45, 2.75) is 38.9 Å². The summed E-state index contributed by atoms with van der Waals surface area (Å²) in [6.45, 7) is 4.89. The van der Waals surface area contributed by atoms with Crippen molar-refractivity contribution in [3.05, 3.63) is 0 Å². The van der Waals surface area contributed by atoms with Crippen LogP contribution in [-0.4, -0.2) is 27.7 Å². The largest absolute Gasteiger partial charge is 0.474 e. The zero-order valence-corrected chi connectivity index (χ0v) is 9.83. The number of carbonyl (C=O) groups is 2. The third-order valence-electron chi connectivity index (χ3n) is 2.85. The van der Waals surface area contributed by atoms with Gasteiger partial charge in [-0.3, -0.25) is 18.6 Å². The summed E-state index contributed by atoms with van der Waals surface area (Å²) in [6.07, 6.45) is 0. The maximum Gasteiger partial charge on any atom is 0.474 e. The first-order chi connectivity index (χ1) is 6.55. The molecule has 1 heterocycles. The van der Waals surface area contributed by atoms with Crippen molar-refractivity contribution in [2.75, 3.05) is 0 Å². The minimum absolute atomic E-state index is 0.535. The molecule has 0 amide bonds. The highest BCUT2D eigenvalue weighted by Crippen LogP contribution is 2.61. The zero-order chi connectivity index (χ0) is 12.1. The van der Waals surface area contributed by atoms with Crippen LogP contribution in [0.4, 0.5) is 0 Å². The third-order valence-corrected chi connectivity index (χ3v) is 4.04. The monoisotopic (exact) mass is 236 g/mol. The van der Waals surface area contributed by atoms with Crippen molar-refractivity contribution in [3.8, 4) is 0 Å². The molecular weight excluding hydrogens is 223 g/mol. The fourth-order valence-electron chi connectivity index (χ4n) is 1.45. The molecule has 0 saturated carbocycles. The second-order valence-electron chi connectivity index (χ2n) is 3.83. The fraction of sp³-hybridized carbons (Fsp3) is 0.750. The Hall–Kier alpha value is -0.550. The van der Waals surface area contributed by atoms with E-state index in [1.807, 2.05) is 0 Å². The summed E-state index contributed by atoms with van der Waals surface area (Å²) in [5.41, 5.74) is -3.44. The van der Waals surface area contributed by atoms with Gasteiger partial charge in [-0.15, -0.1) is 0 Å². The lowest BCUT2D eigenvalue weighted by Crippen LogP contribution is -2.56. The minimum atomic E-state index is -4.34. The van der Waals surface area contributed by atoms with Gasteiger partial charge in [-0.1, -0.05) is 0 Å². The van der Waals surface area contributed by atoms with E-state index in [0.29, 0.717) is 0 Å². The van der Waals surface area contributed by atoms with E-state index in [-0.39, 0.29) is 0 Å². The second kappa shape index (κ2) is 3.22. The van der Waals surface area contributed by atoms with Crippen molar-refractivity contribution in [1.82, 2.24) is 0 Å². The van der Waals surface area contributed by atoms with Crippen LogP contribution >= 0.6 is 7.82 Å². The van der Waals surface area contributed by atoms with Crippen LogP contribution in [0.1, 0.15) is 27.7 Å². The highest BCUT2D eigenvalue weighted by molar-refractivity contribution is 7.47. The van der Waals surface area contributed by atoms with Gasteiger partial charge >= 0.3 is 7.82 Å². The molecule has 1 N–H and O–H groups in total. The molecule has 1 fully saturated rings. The molecular formula is C8H13O6P. The number of Topliss-reactive ketones (excluding diaryl/α,β-unsaturated/α-hetero) is 2. The molecule has 1 aliphatic heterocycles. The van der Waals surface area contributed by atoms with E-state index in [4.69, 9.17) is 9.05 Å². The summed E-state index contributed by atoms with van der Waals surface area (Å²) in [6, 6.07) is 0. The molecule has 0 unspecified atom stereocenters. The molecule has 1 saturated heterocycles. The molecule has 1 rings (SSSR count). The number of phosphoric ester groups is 1. The Morgan fingerprint density at radius 1 is 1.07 bits per heavy atom. The van der Waals surface area contributed by atoms with E-state index in [9.17, 15) is 19.0 Å². The van der Waals surface area contributed by atoms with Gasteiger partial charge in [0.15, 0.2) is 22.8 Å². The Kier molecular flexibility index (Phi) is 2.69. The van der Waals surface area contributed by atoms with Crippen molar-refractivity contribution in [2.24, 2.45) is 0 Å². The zero-order valence-electron chi connectivity index (χ0n) is 8.94. The van der Waals surface area contributed by atoms with Gasteiger partial charge in [-0.25, -0.2) is 4.57 Å². The quantitative estimate of drug-likeness (QED) is 0.714. The second-order valence-corrected chi connectivity index (χ2v) is 5.13. The first-order valence-electron chi connectivity index (χ1n) is 4.31. The van der Waals surface area contributed by atoms with Crippen LogP contribution in [-0.2, 0) is 23.2 Å². The third kappa shape index (κ3) is 1.67. The molecule has 2 atom stereocenters. The summed E-state index contributed by atoms with van der Waals surface area (Å²) in [5, 5.41) is 0. The Balaban J connectivity index is 3.33. The van der Waals surface area contributed by atoms with E-state index in [1.54, 1.807) is 0 Å². The molecule has 0 aromatic heterocycles. The van der Waals surface area contributed by atoms with Gasteiger partial charge in [-0.05, 0) is 27.7 Å². The van der Waals surface area contributed by atoms with Gasteiger partial charge in [0.25, 0.3) is 0 Å². The average molecular weight is 236 g/mol. The molecule has 86 valence electrons.